The number of hydrogen-bond acceptors (Lipinski definition) is 5. The smallest absolute Gasteiger partial charge is 0.326 e. The second-order valence-electron chi connectivity index (χ2n) is 4.30. The van der Waals surface area contributed by atoms with E-state index < -0.39 is 11.9 Å². The summed E-state index contributed by atoms with van der Waals surface area (Å²) in [5.74, 6) is 0.320. The number of hydrogen-bond donors (Lipinski definition) is 3. The number of carbonyl (C=O) groups excluding carboxylic acids is 2. The fourth-order valence-corrected chi connectivity index (χ4v) is 1.63. The Morgan fingerprint density at radius 1 is 1.35 bits per heavy atom. The summed E-state index contributed by atoms with van der Waals surface area (Å²) in [5, 5.41) is 16.3. The van der Waals surface area contributed by atoms with Gasteiger partial charge in [-0.1, -0.05) is 0 Å². The Morgan fingerprint density at radius 2 is 2.04 bits per heavy atom. The van der Waals surface area contributed by atoms with E-state index in [1.165, 1.54) is 13.3 Å². The molecule has 122 valence electrons. The molecule has 0 radical (unpaired) electrons. The Bertz CT molecular complexity index is 608. The minimum absolute atomic E-state index is 0.204. The van der Waals surface area contributed by atoms with E-state index in [4.69, 9.17) is 21.6 Å². The van der Waals surface area contributed by atoms with Crippen molar-refractivity contribution in [2.45, 2.75) is 6.42 Å². The maximum atomic E-state index is 11.8. The molecular weight excluding hydrogens is 320 g/mol. The number of nitriles is 1. The largest absolute Gasteiger partial charge is 0.497 e. The van der Waals surface area contributed by atoms with Crippen LogP contribution in [0.5, 0.6) is 5.75 Å². The number of nitrogens with one attached hydrogen (secondary N) is 3. The fraction of sp³-hybridized carbons (Fsp3) is 0.267. The molecule has 0 spiro atoms. The van der Waals surface area contributed by atoms with Crippen LogP contribution < -0.4 is 20.7 Å². The van der Waals surface area contributed by atoms with Crippen LogP contribution in [-0.4, -0.2) is 31.5 Å². The van der Waals surface area contributed by atoms with E-state index in [1.807, 2.05) is 0 Å². The molecular formula is C15H17ClN4O3. The van der Waals surface area contributed by atoms with Crippen molar-refractivity contribution >= 4 is 29.2 Å². The molecule has 23 heavy (non-hydrogen) atoms. The minimum Gasteiger partial charge on any atom is -0.497 e. The van der Waals surface area contributed by atoms with Crippen molar-refractivity contribution in [3.63, 3.8) is 0 Å². The number of urea groups is 1. The molecule has 0 aliphatic heterocycles. The molecule has 0 fully saturated rings. The van der Waals surface area contributed by atoms with Gasteiger partial charge in [0.15, 0.2) is 0 Å². The number of ether oxygens (including phenoxy) is 1. The zero-order chi connectivity index (χ0) is 17.1. The Morgan fingerprint density at radius 3 is 2.61 bits per heavy atom. The van der Waals surface area contributed by atoms with Crippen molar-refractivity contribution in [3.8, 4) is 11.8 Å². The van der Waals surface area contributed by atoms with Crippen LogP contribution in [0.25, 0.3) is 0 Å². The van der Waals surface area contributed by atoms with Crippen LogP contribution in [0.4, 0.5) is 10.5 Å². The summed E-state index contributed by atoms with van der Waals surface area (Å²) in [7, 11) is 1.53. The Labute approximate surface area is 139 Å². The van der Waals surface area contributed by atoms with E-state index in [-0.39, 0.29) is 5.57 Å². The SMILES string of the molecule is COc1ccc(NC(=O)NC(=O)/C(C#N)=C/NCCCCl)cc1. The Hall–Kier alpha value is -2.72. The number of methoxy groups -OCH3 is 1. The summed E-state index contributed by atoms with van der Waals surface area (Å²) in [6.07, 6.45) is 1.94. The molecule has 1 aromatic carbocycles. The molecule has 3 N–H and O–H groups in total. The average molecular weight is 337 g/mol. The van der Waals surface area contributed by atoms with Crippen LogP contribution in [0, 0.1) is 11.3 Å². The average Bonchev–Trinajstić information content (AvgIpc) is 2.55. The van der Waals surface area contributed by atoms with Crippen LogP contribution in [0.15, 0.2) is 36.0 Å². The van der Waals surface area contributed by atoms with E-state index in [2.05, 4.69) is 16.0 Å². The van der Waals surface area contributed by atoms with Crippen LogP contribution in [0.1, 0.15) is 6.42 Å². The van der Waals surface area contributed by atoms with Gasteiger partial charge in [0.2, 0.25) is 0 Å². The van der Waals surface area contributed by atoms with Crippen molar-refractivity contribution in [1.29, 1.82) is 5.26 Å². The third-order valence-electron chi connectivity index (χ3n) is 2.64. The number of anilines is 1. The summed E-state index contributed by atoms with van der Waals surface area (Å²) in [5.41, 5.74) is 0.281. The predicted molar refractivity (Wildman–Crippen MR) is 87.2 cm³/mol. The highest BCUT2D eigenvalue weighted by Gasteiger charge is 2.12. The zero-order valence-electron chi connectivity index (χ0n) is 12.6. The van der Waals surface area contributed by atoms with Crippen LogP contribution in [0.3, 0.4) is 0 Å². The zero-order valence-corrected chi connectivity index (χ0v) is 13.3. The molecule has 3 amide bonds. The number of rotatable bonds is 7. The van der Waals surface area contributed by atoms with Gasteiger partial charge >= 0.3 is 6.03 Å². The molecule has 0 atom stereocenters. The number of benzene rings is 1. The molecule has 0 aromatic heterocycles. The summed E-state index contributed by atoms with van der Waals surface area (Å²) in [4.78, 5) is 23.5. The normalized spacial score (nSPS) is 10.4. The van der Waals surface area contributed by atoms with E-state index in [0.717, 1.165) is 0 Å². The molecule has 0 unspecified atom stereocenters. The van der Waals surface area contributed by atoms with Crippen molar-refractivity contribution in [3.05, 3.63) is 36.0 Å². The third kappa shape index (κ3) is 6.72. The predicted octanol–water partition coefficient (Wildman–Crippen LogP) is 1.97. The summed E-state index contributed by atoms with van der Waals surface area (Å²) in [6, 6.07) is 7.56. The molecule has 1 aromatic rings. The number of imide groups is 1. The second-order valence-corrected chi connectivity index (χ2v) is 4.68. The fourth-order valence-electron chi connectivity index (χ4n) is 1.50. The molecule has 7 nitrogen and oxygen atoms in total. The standard InChI is InChI=1S/C15H17ClN4O3/c1-23-13-5-3-12(4-6-13)19-15(22)20-14(21)11(9-17)10-18-8-2-7-16/h3-6,10,18H,2,7-8H2,1H3,(H2,19,20,21,22)/b11-10+. The van der Waals surface area contributed by atoms with Crippen molar-refractivity contribution < 1.29 is 14.3 Å². The molecule has 1 rings (SSSR count). The van der Waals surface area contributed by atoms with Gasteiger partial charge in [0, 0.05) is 24.3 Å². The van der Waals surface area contributed by atoms with Gasteiger partial charge < -0.3 is 15.4 Å². The summed E-state index contributed by atoms with van der Waals surface area (Å²) in [6.45, 7) is 0.528. The van der Waals surface area contributed by atoms with Gasteiger partial charge in [0.05, 0.1) is 7.11 Å². The lowest BCUT2D eigenvalue weighted by molar-refractivity contribution is -0.116. The van der Waals surface area contributed by atoms with Gasteiger partial charge in [-0.3, -0.25) is 10.1 Å². The van der Waals surface area contributed by atoms with Crippen LogP contribution in [-0.2, 0) is 4.79 Å². The molecule has 8 heteroatoms. The maximum absolute atomic E-state index is 11.8. The quantitative estimate of drug-likeness (QED) is 0.306. The first-order valence-electron chi connectivity index (χ1n) is 6.76. The lowest BCUT2D eigenvalue weighted by atomic mass is 10.3. The lowest BCUT2D eigenvalue weighted by Gasteiger charge is -2.07. The van der Waals surface area contributed by atoms with Crippen LogP contribution >= 0.6 is 11.6 Å². The summed E-state index contributed by atoms with van der Waals surface area (Å²) >= 11 is 5.51. The Balaban J connectivity index is 2.53. The molecule has 0 heterocycles. The first-order valence-corrected chi connectivity index (χ1v) is 7.30. The number of amides is 3. The second kappa shape index (κ2) is 10.1. The van der Waals surface area contributed by atoms with Gasteiger partial charge in [-0.15, -0.1) is 11.6 Å². The topological polar surface area (TPSA) is 103 Å². The maximum Gasteiger partial charge on any atom is 0.326 e. The number of nitrogens with zero attached hydrogens (tertiary/aromatic N) is 1. The van der Waals surface area contributed by atoms with Gasteiger partial charge in [-0.05, 0) is 30.7 Å². The molecule has 0 saturated heterocycles. The molecule has 0 aliphatic rings. The number of carbonyl (C=O) groups is 2. The minimum atomic E-state index is -0.795. The highest BCUT2D eigenvalue weighted by atomic mass is 35.5. The Kier molecular flexibility index (Phi) is 8.03. The van der Waals surface area contributed by atoms with Gasteiger partial charge in [0.25, 0.3) is 5.91 Å². The van der Waals surface area contributed by atoms with Gasteiger partial charge in [0.1, 0.15) is 17.4 Å². The van der Waals surface area contributed by atoms with E-state index in [9.17, 15) is 9.59 Å². The lowest BCUT2D eigenvalue weighted by Crippen LogP contribution is -2.35. The number of halogens is 1. The van der Waals surface area contributed by atoms with Gasteiger partial charge in [-0.25, -0.2) is 4.79 Å². The first-order chi connectivity index (χ1) is 11.1. The molecule has 0 bridgehead atoms. The molecule has 0 saturated carbocycles. The first kappa shape index (κ1) is 18.3. The number of alkyl halides is 1. The van der Waals surface area contributed by atoms with Crippen molar-refractivity contribution in [1.82, 2.24) is 10.6 Å². The third-order valence-corrected chi connectivity index (χ3v) is 2.91. The van der Waals surface area contributed by atoms with Crippen molar-refractivity contribution in [2.75, 3.05) is 24.9 Å². The van der Waals surface area contributed by atoms with E-state index in [0.29, 0.717) is 30.3 Å². The monoisotopic (exact) mass is 336 g/mol. The highest BCUT2D eigenvalue weighted by Crippen LogP contribution is 2.14. The highest BCUT2D eigenvalue weighted by molar-refractivity contribution is 6.17. The van der Waals surface area contributed by atoms with E-state index in [1.54, 1.807) is 30.3 Å². The van der Waals surface area contributed by atoms with Crippen molar-refractivity contribution in [2.24, 2.45) is 0 Å². The van der Waals surface area contributed by atoms with Crippen LogP contribution in [0.2, 0.25) is 0 Å². The van der Waals surface area contributed by atoms with E-state index >= 15 is 0 Å². The van der Waals surface area contributed by atoms with Gasteiger partial charge in [-0.2, -0.15) is 5.26 Å². The molecule has 0 aliphatic carbocycles. The summed E-state index contributed by atoms with van der Waals surface area (Å²) < 4.78 is 5.00.